The van der Waals surface area contributed by atoms with Gasteiger partial charge in [0.2, 0.25) is 0 Å². The lowest BCUT2D eigenvalue weighted by atomic mass is 9.58. The van der Waals surface area contributed by atoms with Gasteiger partial charge in [-0.05, 0) is 72.3 Å². The van der Waals surface area contributed by atoms with Crippen LogP contribution in [0.25, 0.3) is 0 Å². The van der Waals surface area contributed by atoms with Gasteiger partial charge in [-0.1, -0.05) is 94.0 Å². The van der Waals surface area contributed by atoms with E-state index in [1.807, 2.05) is 6.07 Å². The van der Waals surface area contributed by atoms with Crippen LogP contribution in [-0.4, -0.2) is 29.0 Å². The first-order chi connectivity index (χ1) is 16.3. The molecule has 34 heavy (non-hydrogen) atoms. The molecule has 0 bridgehead atoms. The fraction of sp³-hybridized carbons (Fsp3) is 0.600. The van der Waals surface area contributed by atoms with Gasteiger partial charge in [0, 0.05) is 5.02 Å². The number of benzene rings is 2. The number of rotatable bonds is 8. The van der Waals surface area contributed by atoms with Crippen molar-refractivity contribution < 1.29 is 14.9 Å². The zero-order chi connectivity index (χ0) is 24.5. The lowest BCUT2D eigenvalue weighted by Crippen LogP contribution is -2.58. The zero-order valence-corrected chi connectivity index (χ0v) is 21.9. The van der Waals surface area contributed by atoms with Gasteiger partial charge in [0.1, 0.15) is 6.10 Å². The lowest BCUT2D eigenvalue weighted by Gasteiger charge is -2.56. The standard InChI is InChI=1S/C30H41ClO3/c1-5-20(4)30(26(22-8-7-9-22)17-28(33)29(18-32)34-30)25-14-15-27(31)24(23(25)6-2)16-21-12-10-19(3)11-13-21/h10-15,20,22,26,28-29,32-33H,5-9,16-18H2,1-4H3. The molecule has 1 saturated carbocycles. The van der Waals surface area contributed by atoms with Crippen LogP contribution in [0.2, 0.25) is 5.02 Å². The van der Waals surface area contributed by atoms with E-state index in [2.05, 4.69) is 58.0 Å². The number of aryl methyl sites for hydroxylation is 1. The monoisotopic (exact) mass is 484 g/mol. The van der Waals surface area contributed by atoms with E-state index in [0.717, 1.165) is 24.3 Å². The van der Waals surface area contributed by atoms with E-state index in [4.69, 9.17) is 16.3 Å². The van der Waals surface area contributed by atoms with Crippen molar-refractivity contribution in [2.24, 2.45) is 17.8 Å². The molecule has 1 aliphatic heterocycles. The molecule has 0 radical (unpaired) electrons. The van der Waals surface area contributed by atoms with E-state index >= 15 is 0 Å². The quantitative estimate of drug-likeness (QED) is 0.443. The van der Waals surface area contributed by atoms with Crippen LogP contribution in [0.15, 0.2) is 36.4 Å². The van der Waals surface area contributed by atoms with Crippen LogP contribution in [0, 0.1) is 24.7 Å². The summed E-state index contributed by atoms with van der Waals surface area (Å²) in [6.07, 6.45) is 5.73. The third-order valence-corrected chi connectivity index (χ3v) is 9.07. The summed E-state index contributed by atoms with van der Waals surface area (Å²) in [6.45, 7) is 8.66. The van der Waals surface area contributed by atoms with Gasteiger partial charge in [-0.2, -0.15) is 0 Å². The van der Waals surface area contributed by atoms with Gasteiger partial charge >= 0.3 is 0 Å². The minimum absolute atomic E-state index is 0.165. The Morgan fingerprint density at radius 1 is 1.09 bits per heavy atom. The number of aliphatic hydroxyl groups is 2. The first-order valence-corrected chi connectivity index (χ1v) is 13.6. The van der Waals surface area contributed by atoms with Crippen molar-refractivity contribution in [2.45, 2.75) is 90.4 Å². The van der Waals surface area contributed by atoms with Crippen LogP contribution < -0.4 is 0 Å². The molecule has 0 spiro atoms. The average Bonchev–Trinajstić information content (AvgIpc) is 2.80. The summed E-state index contributed by atoms with van der Waals surface area (Å²) in [4.78, 5) is 0. The summed E-state index contributed by atoms with van der Waals surface area (Å²) in [5.74, 6) is 1.02. The van der Waals surface area contributed by atoms with Crippen molar-refractivity contribution in [3.8, 4) is 0 Å². The zero-order valence-electron chi connectivity index (χ0n) is 21.2. The van der Waals surface area contributed by atoms with Gasteiger partial charge in [0.25, 0.3) is 0 Å². The molecule has 0 aromatic heterocycles. The van der Waals surface area contributed by atoms with Crippen molar-refractivity contribution >= 4 is 11.6 Å². The van der Waals surface area contributed by atoms with E-state index in [1.165, 1.54) is 47.1 Å². The number of ether oxygens (including phenoxy) is 1. The summed E-state index contributed by atoms with van der Waals surface area (Å²) in [5, 5.41) is 21.8. The maximum atomic E-state index is 10.9. The summed E-state index contributed by atoms with van der Waals surface area (Å²) < 4.78 is 6.90. The molecule has 186 valence electrons. The van der Waals surface area contributed by atoms with Gasteiger partial charge < -0.3 is 14.9 Å². The van der Waals surface area contributed by atoms with E-state index in [9.17, 15) is 10.2 Å². The predicted molar refractivity (Wildman–Crippen MR) is 139 cm³/mol. The summed E-state index contributed by atoms with van der Waals surface area (Å²) in [7, 11) is 0. The van der Waals surface area contributed by atoms with E-state index in [0.29, 0.717) is 12.3 Å². The molecule has 2 aromatic rings. The molecule has 2 fully saturated rings. The Kier molecular flexibility index (Phi) is 8.09. The third-order valence-electron chi connectivity index (χ3n) is 8.72. The smallest absolute Gasteiger partial charge is 0.108 e. The SMILES string of the molecule is CCc1c(C2(C(C)CC)OC(CO)C(O)CC2C2CCC2)ccc(Cl)c1Cc1ccc(C)cc1. The molecule has 2 aromatic carbocycles. The van der Waals surface area contributed by atoms with Crippen LogP contribution in [0.4, 0.5) is 0 Å². The predicted octanol–water partition coefficient (Wildman–Crippen LogP) is 6.60. The van der Waals surface area contributed by atoms with E-state index in [-0.39, 0.29) is 18.4 Å². The van der Waals surface area contributed by atoms with Gasteiger partial charge in [0.15, 0.2) is 0 Å². The minimum atomic E-state index is -0.628. The summed E-state index contributed by atoms with van der Waals surface area (Å²) >= 11 is 6.85. The number of hydrogen-bond acceptors (Lipinski definition) is 3. The highest BCUT2D eigenvalue weighted by atomic mass is 35.5. The Labute approximate surface area is 210 Å². The van der Waals surface area contributed by atoms with Crippen LogP contribution in [0.3, 0.4) is 0 Å². The molecular weight excluding hydrogens is 444 g/mol. The molecule has 0 amide bonds. The highest BCUT2D eigenvalue weighted by Crippen LogP contribution is 2.56. The third kappa shape index (κ3) is 4.57. The average molecular weight is 485 g/mol. The Hall–Kier alpha value is -1.39. The molecule has 1 saturated heterocycles. The Morgan fingerprint density at radius 2 is 1.79 bits per heavy atom. The van der Waals surface area contributed by atoms with Crippen LogP contribution >= 0.6 is 11.6 Å². The molecule has 4 rings (SSSR count). The van der Waals surface area contributed by atoms with Gasteiger partial charge in [-0.15, -0.1) is 0 Å². The highest BCUT2D eigenvalue weighted by Gasteiger charge is 2.56. The van der Waals surface area contributed by atoms with Crippen LogP contribution in [-0.2, 0) is 23.2 Å². The van der Waals surface area contributed by atoms with E-state index < -0.39 is 17.8 Å². The van der Waals surface area contributed by atoms with Gasteiger partial charge in [-0.25, -0.2) is 0 Å². The van der Waals surface area contributed by atoms with Crippen molar-refractivity contribution in [1.82, 2.24) is 0 Å². The fourth-order valence-corrected chi connectivity index (χ4v) is 6.64. The fourth-order valence-electron chi connectivity index (χ4n) is 6.40. The van der Waals surface area contributed by atoms with Crippen molar-refractivity contribution in [3.63, 3.8) is 0 Å². The Balaban J connectivity index is 1.88. The summed E-state index contributed by atoms with van der Waals surface area (Å²) in [5.41, 5.74) is 5.63. The summed E-state index contributed by atoms with van der Waals surface area (Å²) in [6, 6.07) is 12.9. The molecule has 5 unspecified atom stereocenters. The molecule has 1 heterocycles. The highest BCUT2D eigenvalue weighted by molar-refractivity contribution is 6.31. The van der Waals surface area contributed by atoms with E-state index in [1.54, 1.807) is 0 Å². The van der Waals surface area contributed by atoms with Crippen LogP contribution in [0.5, 0.6) is 0 Å². The Morgan fingerprint density at radius 3 is 2.35 bits per heavy atom. The maximum absolute atomic E-state index is 10.9. The number of aliphatic hydroxyl groups excluding tert-OH is 2. The molecular formula is C30H41ClO3. The van der Waals surface area contributed by atoms with Crippen molar-refractivity contribution in [3.05, 3.63) is 69.2 Å². The normalized spacial score (nSPS) is 28.5. The van der Waals surface area contributed by atoms with Gasteiger partial charge in [0.05, 0.1) is 18.3 Å². The lowest BCUT2D eigenvalue weighted by molar-refractivity contribution is -0.255. The molecule has 2 aliphatic rings. The molecule has 4 heteroatoms. The second-order valence-corrected chi connectivity index (χ2v) is 11.0. The van der Waals surface area contributed by atoms with Crippen LogP contribution in [0.1, 0.15) is 80.7 Å². The first kappa shape index (κ1) is 25.7. The maximum Gasteiger partial charge on any atom is 0.108 e. The second-order valence-electron chi connectivity index (χ2n) is 10.6. The number of hydrogen-bond donors (Lipinski definition) is 2. The Bertz CT molecular complexity index is 968. The second kappa shape index (κ2) is 10.7. The number of halogens is 1. The van der Waals surface area contributed by atoms with Crippen molar-refractivity contribution in [2.75, 3.05) is 6.61 Å². The first-order valence-electron chi connectivity index (χ1n) is 13.2. The molecule has 5 atom stereocenters. The molecule has 2 N–H and O–H groups in total. The van der Waals surface area contributed by atoms with Crippen molar-refractivity contribution in [1.29, 1.82) is 0 Å². The molecule has 3 nitrogen and oxygen atoms in total. The topological polar surface area (TPSA) is 49.7 Å². The molecule has 1 aliphatic carbocycles. The minimum Gasteiger partial charge on any atom is -0.394 e. The largest absolute Gasteiger partial charge is 0.394 e. The van der Waals surface area contributed by atoms with Gasteiger partial charge in [-0.3, -0.25) is 0 Å².